The molecule has 0 aromatic heterocycles. The van der Waals surface area contributed by atoms with Gasteiger partial charge in [-0.1, -0.05) is 11.6 Å². The van der Waals surface area contributed by atoms with Gasteiger partial charge in [0, 0.05) is 16.6 Å². The Labute approximate surface area is 130 Å². The number of ether oxygens (including phenoxy) is 1. The molecule has 0 unspecified atom stereocenters. The molecule has 1 aliphatic carbocycles. The summed E-state index contributed by atoms with van der Waals surface area (Å²) in [5, 5.41) is 9.59. The topological polar surface area (TPSA) is 49.8 Å². The van der Waals surface area contributed by atoms with Gasteiger partial charge in [-0.2, -0.15) is 0 Å². The molecular weight excluding hydrogens is 290 g/mol. The lowest BCUT2D eigenvalue weighted by Crippen LogP contribution is -2.35. The summed E-state index contributed by atoms with van der Waals surface area (Å²) < 4.78 is 6.02. The fourth-order valence-electron chi connectivity index (χ4n) is 2.86. The van der Waals surface area contributed by atoms with Crippen molar-refractivity contribution in [2.75, 3.05) is 14.1 Å². The number of hydrogen-bond donors (Lipinski definition) is 1. The van der Waals surface area contributed by atoms with Crippen LogP contribution in [0.25, 0.3) is 0 Å². The van der Waals surface area contributed by atoms with E-state index in [2.05, 4.69) is 19.0 Å². The molecule has 116 valence electrons. The van der Waals surface area contributed by atoms with E-state index in [-0.39, 0.29) is 11.7 Å². The van der Waals surface area contributed by atoms with Crippen LogP contribution in [0.2, 0.25) is 5.02 Å². The van der Waals surface area contributed by atoms with Crippen LogP contribution in [0.15, 0.2) is 12.1 Å². The standard InChI is InChI=1S/C16H22ClNO3/c1-10-14(16(19)20)8-11(17)9-15(10)21-13-6-4-12(5-7-13)18(2)3/h8-9,12-13H,4-7H2,1-3H3,(H,19,20). The summed E-state index contributed by atoms with van der Waals surface area (Å²) in [6.45, 7) is 1.76. The van der Waals surface area contributed by atoms with Gasteiger partial charge in [0.15, 0.2) is 0 Å². The van der Waals surface area contributed by atoms with Gasteiger partial charge in [-0.25, -0.2) is 4.79 Å². The van der Waals surface area contributed by atoms with Crippen LogP contribution in [0.1, 0.15) is 41.6 Å². The molecule has 0 saturated heterocycles. The molecule has 0 spiro atoms. The average Bonchev–Trinajstić information content (AvgIpc) is 2.42. The Morgan fingerprint density at radius 2 is 1.90 bits per heavy atom. The van der Waals surface area contributed by atoms with E-state index in [1.165, 1.54) is 6.07 Å². The number of hydrogen-bond acceptors (Lipinski definition) is 3. The highest BCUT2D eigenvalue weighted by Crippen LogP contribution is 2.31. The molecule has 4 nitrogen and oxygen atoms in total. The Hall–Kier alpha value is -1.26. The van der Waals surface area contributed by atoms with Gasteiger partial charge >= 0.3 is 5.97 Å². The van der Waals surface area contributed by atoms with E-state index in [0.29, 0.717) is 22.4 Å². The van der Waals surface area contributed by atoms with Gasteiger partial charge in [0.1, 0.15) is 5.75 Å². The Kier molecular flexibility index (Phi) is 5.12. The number of carboxylic acids is 1. The van der Waals surface area contributed by atoms with E-state index in [9.17, 15) is 9.90 Å². The number of nitrogens with zero attached hydrogens (tertiary/aromatic N) is 1. The number of benzene rings is 1. The van der Waals surface area contributed by atoms with Crippen LogP contribution in [0.3, 0.4) is 0 Å². The zero-order valence-corrected chi connectivity index (χ0v) is 13.5. The van der Waals surface area contributed by atoms with Crippen molar-refractivity contribution in [3.8, 4) is 5.75 Å². The van der Waals surface area contributed by atoms with Crippen molar-refractivity contribution in [1.29, 1.82) is 0 Å². The Morgan fingerprint density at radius 1 is 1.29 bits per heavy atom. The van der Waals surface area contributed by atoms with Crippen molar-refractivity contribution >= 4 is 17.6 Å². The summed E-state index contributed by atoms with van der Waals surface area (Å²) in [5.74, 6) is -0.385. The number of carboxylic acid groups (broad SMARTS) is 1. The van der Waals surface area contributed by atoms with E-state index >= 15 is 0 Å². The van der Waals surface area contributed by atoms with Crippen molar-refractivity contribution in [1.82, 2.24) is 4.90 Å². The van der Waals surface area contributed by atoms with Crippen LogP contribution in [-0.4, -0.2) is 42.2 Å². The van der Waals surface area contributed by atoms with Gasteiger partial charge in [0.2, 0.25) is 0 Å². The van der Waals surface area contributed by atoms with Gasteiger partial charge < -0.3 is 14.7 Å². The Bertz CT molecular complexity index is 522. The third kappa shape index (κ3) is 3.89. The largest absolute Gasteiger partial charge is 0.490 e. The van der Waals surface area contributed by atoms with Gasteiger partial charge in [-0.3, -0.25) is 0 Å². The van der Waals surface area contributed by atoms with Crippen molar-refractivity contribution in [2.45, 2.75) is 44.8 Å². The zero-order valence-electron chi connectivity index (χ0n) is 12.7. The zero-order chi connectivity index (χ0) is 15.6. The second-order valence-corrected chi connectivity index (χ2v) is 6.33. The maximum atomic E-state index is 11.2. The maximum absolute atomic E-state index is 11.2. The predicted molar refractivity (Wildman–Crippen MR) is 83.5 cm³/mol. The number of carbonyl (C=O) groups is 1. The second kappa shape index (κ2) is 6.67. The smallest absolute Gasteiger partial charge is 0.336 e. The van der Waals surface area contributed by atoms with Gasteiger partial charge in [0.05, 0.1) is 11.7 Å². The highest BCUT2D eigenvalue weighted by molar-refractivity contribution is 6.31. The summed E-state index contributed by atoms with van der Waals surface area (Å²) in [5.41, 5.74) is 0.848. The van der Waals surface area contributed by atoms with Crippen LogP contribution < -0.4 is 4.74 Å². The monoisotopic (exact) mass is 311 g/mol. The van der Waals surface area contributed by atoms with Crippen LogP contribution >= 0.6 is 11.6 Å². The normalized spacial score (nSPS) is 22.3. The first-order chi connectivity index (χ1) is 9.88. The third-order valence-corrected chi connectivity index (χ3v) is 4.44. The minimum atomic E-state index is -0.976. The molecule has 0 atom stereocenters. The molecule has 21 heavy (non-hydrogen) atoms. The van der Waals surface area contributed by atoms with E-state index in [0.717, 1.165) is 25.7 Å². The lowest BCUT2D eigenvalue weighted by atomic mass is 9.92. The average molecular weight is 312 g/mol. The lowest BCUT2D eigenvalue weighted by Gasteiger charge is -2.33. The number of aromatic carboxylic acids is 1. The molecule has 0 radical (unpaired) electrons. The van der Waals surface area contributed by atoms with Gasteiger partial charge in [-0.05, 0) is 58.8 Å². The first-order valence-corrected chi connectivity index (χ1v) is 7.62. The fraction of sp³-hybridized carbons (Fsp3) is 0.562. The van der Waals surface area contributed by atoms with Gasteiger partial charge in [0.25, 0.3) is 0 Å². The molecule has 1 aromatic carbocycles. The number of halogens is 1. The highest BCUT2D eigenvalue weighted by atomic mass is 35.5. The molecule has 1 saturated carbocycles. The number of rotatable bonds is 4. The summed E-state index contributed by atoms with van der Waals surface area (Å²) >= 11 is 6.00. The Balaban J connectivity index is 2.09. The van der Waals surface area contributed by atoms with Crippen molar-refractivity contribution in [3.63, 3.8) is 0 Å². The third-order valence-electron chi connectivity index (χ3n) is 4.22. The minimum Gasteiger partial charge on any atom is -0.490 e. The van der Waals surface area contributed by atoms with Crippen molar-refractivity contribution < 1.29 is 14.6 Å². The molecule has 1 N–H and O–H groups in total. The summed E-state index contributed by atoms with van der Waals surface area (Å²) in [6.07, 6.45) is 4.31. The molecule has 5 heteroatoms. The van der Waals surface area contributed by atoms with Crippen LogP contribution in [0, 0.1) is 6.92 Å². The van der Waals surface area contributed by atoms with Crippen molar-refractivity contribution in [3.05, 3.63) is 28.3 Å². The van der Waals surface area contributed by atoms with Crippen LogP contribution in [0.5, 0.6) is 5.75 Å². The molecule has 2 rings (SSSR count). The minimum absolute atomic E-state index is 0.139. The molecule has 0 aliphatic heterocycles. The summed E-state index contributed by atoms with van der Waals surface area (Å²) in [7, 11) is 4.21. The van der Waals surface area contributed by atoms with Crippen molar-refractivity contribution in [2.24, 2.45) is 0 Å². The SMILES string of the molecule is Cc1c(OC2CCC(N(C)C)CC2)cc(Cl)cc1C(=O)O. The lowest BCUT2D eigenvalue weighted by molar-refractivity contribution is 0.0694. The molecular formula is C16H22ClNO3. The highest BCUT2D eigenvalue weighted by Gasteiger charge is 2.24. The first kappa shape index (κ1) is 16.1. The summed E-state index contributed by atoms with van der Waals surface area (Å²) in [4.78, 5) is 13.5. The van der Waals surface area contributed by atoms with E-state index < -0.39 is 5.97 Å². The molecule has 0 heterocycles. The van der Waals surface area contributed by atoms with Crippen LogP contribution in [-0.2, 0) is 0 Å². The fourth-order valence-corrected chi connectivity index (χ4v) is 3.07. The molecule has 0 amide bonds. The quantitative estimate of drug-likeness (QED) is 0.923. The second-order valence-electron chi connectivity index (χ2n) is 5.89. The Morgan fingerprint density at radius 3 is 2.43 bits per heavy atom. The van der Waals surface area contributed by atoms with Crippen LogP contribution in [0.4, 0.5) is 0 Å². The van der Waals surface area contributed by atoms with Gasteiger partial charge in [-0.15, -0.1) is 0 Å². The molecule has 1 fully saturated rings. The first-order valence-electron chi connectivity index (χ1n) is 7.25. The van der Waals surface area contributed by atoms with E-state index in [1.54, 1.807) is 13.0 Å². The molecule has 1 aliphatic rings. The molecule has 0 bridgehead atoms. The van der Waals surface area contributed by atoms with E-state index in [4.69, 9.17) is 16.3 Å². The maximum Gasteiger partial charge on any atom is 0.336 e. The summed E-state index contributed by atoms with van der Waals surface area (Å²) in [6, 6.07) is 3.79. The predicted octanol–water partition coefficient (Wildman–Crippen LogP) is 3.60. The van der Waals surface area contributed by atoms with E-state index in [1.807, 2.05) is 0 Å². The molecule has 1 aromatic rings.